The van der Waals surface area contributed by atoms with Crippen molar-refractivity contribution in [2.45, 2.75) is 77.4 Å². The van der Waals surface area contributed by atoms with Crippen molar-refractivity contribution < 1.29 is 9.31 Å². The van der Waals surface area contributed by atoms with Gasteiger partial charge in [0.2, 0.25) is 0 Å². The molecule has 0 atom stereocenters. The molecular formula is C42H42BNO2. The van der Waals surface area contributed by atoms with Gasteiger partial charge in [-0.05, 0) is 114 Å². The molecule has 0 bridgehead atoms. The maximum absolute atomic E-state index is 6.39. The van der Waals surface area contributed by atoms with Gasteiger partial charge in [-0.2, -0.15) is 0 Å². The normalized spacial score (nSPS) is 18.9. The van der Waals surface area contributed by atoms with Crippen LogP contribution >= 0.6 is 0 Å². The first kappa shape index (κ1) is 29.3. The minimum absolute atomic E-state index is 0.0875. The minimum atomic E-state index is -0.397. The highest BCUT2D eigenvalue weighted by atomic mass is 16.7. The Bertz CT molecular complexity index is 1900. The standard InChI is InChI=1S/C42H42BNO2/c1-39(2)35-15-11-9-13-31(35)33-23-21-29(25-37(33)39)44(28-19-17-27(18-20-28)43-45-41(5,6)42(7,8)46-43)30-22-24-34-32-14-10-12-16-36(32)40(3,4)38(34)26-30/h9-26H,1-8H3. The van der Waals surface area contributed by atoms with Crippen LogP contribution in [0.2, 0.25) is 0 Å². The molecule has 5 aromatic carbocycles. The topological polar surface area (TPSA) is 21.7 Å². The Morgan fingerprint density at radius 3 is 1.28 bits per heavy atom. The molecule has 8 rings (SSSR count). The first-order chi connectivity index (χ1) is 21.8. The molecule has 0 radical (unpaired) electrons. The van der Waals surface area contributed by atoms with E-state index in [1.54, 1.807) is 0 Å². The van der Waals surface area contributed by atoms with E-state index in [0.29, 0.717) is 0 Å². The first-order valence-corrected chi connectivity index (χ1v) is 16.5. The van der Waals surface area contributed by atoms with Crippen LogP contribution in [0.3, 0.4) is 0 Å². The molecule has 1 heterocycles. The number of fused-ring (bicyclic) bond motifs is 6. The maximum Gasteiger partial charge on any atom is 0.494 e. The van der Waals surface area contributed by atoms with E-state index in [0.717, 1.165) is 22.5 Å². The van der Waals surface area contributed by atoms with Crippen LogP contribution in [0.1, 0.15) is 77.6 Å². The maximum atomic E-state index is 6.39. The third-order valence-corrected chi connectivity index (χ3v) is 11.3. The van der Waals surface area contributed by atoms with Crippen molar-refractivity contribution in [2.75, 3.05) is 4.90 Å². The average molecular weight is 604 g/mol. The highest BCUT2D eigenvalue weighted by Crippen LogP contribution is 2.53. The van der Waals surface area contributed by atoms with Gasteiger partial charge in [-0.1, -0.05) is 100 Å². The second kappa shape index (κ2) is 9.70. The monoisotopic (exact) mass is 603 g/mol. The van der Waals surface area contributed by atoms with Gasteiger partial charge in [-0.15, -0.1) is 0 Å². The summed E-state index contributed by atoms with van der Waals surface area (Å²) in [6, 6.07) is 40.4. The molecule has 1 fully saturated rings. The van der Waals surface area contributed by atoms with Crippen molar-refractivity contribution in [3.8, 4) is 22.3 Å². The molecule has 1 saturated heterocycles. The van der Waals surface area contributed by atoms with Crippen LogP contribution in [0.5, 0.6) is 0 Å². The zero-order valence-electron chi connectivity index (χ0n) is 28.2. The van der Waals surface area contributed by atoms with Crippen LogP contribution in [0.15, 0.2) is 109 Å². The third-order valence-electron chi connectivity index (χ3n) is 11.3. The second-order valence-electron chi connectivity index (χ2n) is 15.3. The van der Waals surface area contributed by atoms with Crippen molar-refractivity contribution in [1.29, 1.82) is 0 Å². The highest BCUT2D eigenvalue weighted by molar-refractivity contribution is 6.62. The fraction of sp³-hybridized carbons (Fsp3) is 0.286. The zero-order valence-corrected chi connectivity index (χ0v) is 28.2. The molecule has 0 spiro atoms. The molecule has 0 amide bonds. The van der Waals surface area contributed by atoms with E-state index in [1.807, 2.05) is 0 Å². The quantitative estimate of drug-likeness (QED) is 0.191. The first-order valence-electron chi connectivity index (χ1n) is 16.5. The van der Waals surface area contributed by atoms with Crippen molar-refractivity contribution in [2.24, 2.45) is 0 Å². The molecule has 3 aliphatic rings. The number of rotatable bonds is 4. The van der Waals surface area contributed by atoms with E-state index in [1.165, 1.54) is 44.5 Å². The Morgan fingerprint density at radius 1 is 0.435 bits per heavy atom. The molecule has 4 heteroatoms. The zero-order chi connectivity index (χ0) is 32.2. The Labute approximate surface area is 274 Å². The van der Waals surface area contributed by atoms with Crippen molar-refractivity contribution in [3.63, 3.8) is 0 Å². The Balaban J connectivity index is 1.26. The Morgan fingerprint density at radius 2 is 0.826 bits per heavy atom. The summed E-state index contributed by atoms with van der Waals surface area (Å²) in [5.41, 5.74) is 14.3. The van der Waals surface area contributed by atoms with Gasteiger partial charge in [0.05, 0.1) is 11.2 Å². The van der Waals surface area contributed by atoms with Gasteiger partial charge < -0.3 is 14.2 Å². The predicted octanol–water partition coefficient (Wildman–Crippen LogP) is 10.1. The number of hydrogen-bond acceptors (Lipinski definition) is 3. The van der Waals surface area contributed by atoms with E-state index in [9.17, 15) is 0 Å². The van der Waals surface area contributed by atoms with Gasteiger partial charge in [-0.25, -0.2) is 0 Å². The molecule has 5 aromatic rings. The second-order valence-corrected chi connectivity index (χ2v) is 15.3. The number of nitrogens with zero attached hydrogens (tertiary/aromatic N) is 1. The van der Waals surface area contributed by atoms with Gasteiger partial charge in [0.1, 0.15) is 0 Å². The lowest BCUT2D eigenvalue weighted by Gasteiger charge is -2.32. The molecule has 0 saturated carbocycles. The van der Waals surface area contributed by atoms with Crippen molar-refractivity contribution in [3.05, 3.63) is 131 Å². The summed E-state index contributed by atoms with van der Waals surface area (Å²) in [5, 5.41) is 0. The van der Waals surface area contributed by atoms with Gasteiger partial charge in [0, 0.05) is 27.9 Å². The summed E-state index contributed by atoms with van der Waals surface area (Å²) in [6.07, 6.45) is 0. The van der Waals surface area contributed by atoms with Crippen LogP contribution < -0.4 is 10.4 Å². The fourth-order valence-electron chi connectivity index (χ4n) is 7.87. The van der Waals surface area contributed by atoms with Crippen LogP contribution in [-0.2, 0) is 20.1 Å². The van der Waals surface area contributed by atoms with Crippen LogP contribution in [0.25, 0.3) is 22.3 Å². The number of hydrogen-bond donors (Lipinski definition) is 0. The highest BCUT2D eigenvalue weighted by Gasteiger charge is 2.51. The molecule has 46 heavy (non-hydrogen) atoms. The fourth-order valence-corrected chi connectivity index (χ4v) is 7.87. The third kappa shape index (κ3) is 4.13. The van der Waals surface area contributed by atoms with E-state index in [4.69, 9.17) is 9.31 Å². The lowest BCUT2D eigenvalue weighted by Crippen LogP contribution is -2.41. The van der Waals surface area contributed by atoms with Gasteiger partial charge in [-0.3, -0.25) is 0 Å². The lowest BCUT2D eigenvalue weighted by molar-refractivity contribution is 0.00578. The van der Waals surface area contributed by atoms with Crippen LogP contribution in [0.4, 0.5) is 17.1 Å². The summed E-state index contributed by atoms with van der Waals surface area (Å²) in [4.78, 5) is 2.41. The lowest BCUT2D eigenvalue weighted by atomic mass is 9.79. The molecule has 2 aliphatic carbocycles. The molecule has 230 valence electrons. The van der Waals surface area contributed by atoms with Crippen LogP contribution in [-0.4, -0.2) is 18.3 Å². The summed E-state index contributed by atoms with van der Waals surface area (Å²) >= 11 is 0. The van der Waals surface area contributed by atoms with Gasteiger partial charge in [0.15, 0.2) is 0 Å². The summed E-state index contributed by atoms with van der Waals surface area (Å²) < 4.78 is 12.8. The van der Waals surface area contributed by atoms with Crippen molar-refractivity contribution >= 4 is 29.6 Å². The molecule has 3 nitrogen and oxygen atoms in total. The summed E-state index contributed by atoms with van der Waals surface area (Å²) in [7, 11) is -0.397. The van der Waals surface area contributed by atoms with E-state index >= 15 is 0 Å². The van der Waals surface area contributed by atoms with Gasteiger partial charge in [0.25, 0.3) is 0 Å². The predicted molar refractivity (Wildman–Crippen MR) is 192 cm³/mol. The SMILES string of the molecule is CC1(C)c2ccccc2-c2ccc(N(c3ccc(B4OC(C)(C)C(C)(C)O4)cc3)c3ccc4c(c3)C(C)(C)c3ccccc3-4)cc21. The molecular weight excluding hydrogens is 561 g/mol. The number of anilines is 3. The summed E-state index contributed by atoms with van der Waals surface area (Å²) in [5.74, 6) is 0. The Kier molecular flexibility index (Phi) is 6.18. The minimum Gasteiger partial charge on any atom is -0.399 e. The van der Waals surface area contributed by atoms with Gasteiger partial charge >= 0.3 is 7.12 Å². The van der Waals surface area contributed by atoms with Crippen molar-refractivity contribution in [1.82, 2.24) is 0 Å². The molecule has 1 aliphatic heterocycles. The largest absolute Gasteiger partial charge is 0.494 e. The Hall–Kier alpha value is -4.12. The van der Waals surface area contributed by atoms with E-state index in [-0.39, 0.29) is 22.0 Å². The molecule has 0 aromatic heterocycles. The molecule has 0 N–H and O–H groups in total. The van der Waals surface area contributed by atoms with E-state index < -0.39 is 7.12 Å². The van der Waals surface area contributed by atoms with E-state index in [2.05, 4.69) is 169 Å². The molecule has 0 unspecified atom stereocenters. The smallest absolute Gasteiger partial charge is 0.399 e. The van der Waals surface area contributed by atoms with Crippen LogP contribution in [0, 0.1) is 0 Å². The average Bonchev–Trinajstić information content (AvgIpc) is 3.51. The number of benzene rings is 5. The summed E-state index contributed by atoms with van der Waals surface area (Å²) in [6.45, 7) is 17.8.